The standard InChI is InChI=1S/C27H38NOSi4.C26H36NOSi4.C23H26N3OSi.2C11H8N.3Ir/c1-20-17-24(21-15-16-23-22-13-11-12-14-25(22)29-26(23)18-21)28-19-27(20)33(30(2,3)4,31(5,6)7)32(8,9)10;1-29(2,3)32(30(4,5)6,31(7,8)9)21-15-17-24(27-19-21)20-14-16-23-22-12-10-11-13-25(22)28-26(23)18-20;1-14(2)9-16-10-20(25-13-21(16)28(4,5)6)19-12-24-11-18-17-8-7-15(3)26-23(17)27-22(18)19;2*1-2-6-10(7-3-1)11-8-4-5-9-12-11;;;/h11-14,16-19H,1-10H3;10-13,15-19H,1-9H3;7-8,10-11,13-14H,9H2,1-6H3;2*1-6,8-9H;;;/q5*-1;;;. The molecule has 22 heteroatoms. The second-order valence-electron chi connectivity index (χ2n) is 38.7. The number of benzene rings is 6. The number of nitrogens with zero attached hydrogens (tertiary/aromatic N) is 7. The Bertz CT molecular complexity index is 5910. The molecule has 3 radical (unpaired) electrons. The molecule has 0 fully saturated rings. The summed E-state index contributed by atoms with van der Waals surface area (Å²) in [6.45, 7) is 60.1. The molecular formula is C98H116Ir3N7O3Si9-5. The summed E-state index contributed by atoms with van der Waals surface area (Å²) in [5.74, 6) is 0.585. The van der Waals surface area contributed by atoms with E-state index in [1.807, 2.05) is 128 Å². The van der Waals surface area contributed by atoms with Crippen molar-refractivity contribution in [2.75, 3.05) is 0 Å². The molecule has 10 heterocycles. The van der Waals surface area contributed by atoms with Crippen molar-refractivity contribution < 1.29 is 73.6 Å². The van der Waals surface area contributed by atoms with Crippen LogP contribution in [0.2, 0.25) is 137 Å². The van der Waals surface area contributed by atoms with Gasteiger partial charge >= 0.3 is 0 Å². The molecule has 0 bridgehead atoms. The molecule has 0 aliphatic heterocycles. The van der Waals surface area contributed by atoms with E-state index in [1.165, 1.54) is 16.3 Å². The van der Waals surface area contributed by atoms with Crippen LogP contribution >= 0.6 is 0 Å². The van der Waals surface area contributed by atoms with Gasteiger partial charge in [0.1, 0.15) is 11.2 Å². The predicted octanol–water partition coefficient (Wildman–Crippen LogP) is 25.4. The van der Waals surface area contributed by atoms with Gasteiger partial charge in [0.05, 0.1) is 38.1 Å². The first-order chi connectivity index (χ1) is 55.1. The number of hydrogen-bond acceptors (Lipinski definition) is 10. The van der Waals surface area contributed by atoms with Crippen molar-refractivity contribution in [3.8, 4) is 56.3 Å². The first kappa shape index (κ1) is 96.5. The minimum Gasteiger partial charge on any atom is -0.486 e. The molecule has 0 amide bonds. The summed E-state index contributed by atoms with van der Waals surface area (Å²) >= 11 is 0. The van der Waals surface area contributed by atoms with Gasteiger partial charge in [-0.3, -0.25) is 0 Å². The van der Waals surface area contributed by atoms with Crippen LogP contribution in [0, 0.1) is 50.2 Å². The van der Waals surface area contributed by atoms with Gasteiger partial charge in [0, 0.05) is 148 Å². The monoisotopic (exact) mass is 2270 g/mol. The van der Waals surface area contributed by atoms with E-state index in [2.05, 4.69) is 300 Å². The van der Waals surface area contributed by atoms with Crippen molar-refractivity contribution in [3.63, 3.8) is 0 Å². The van der Waals surface area contributed by atoms with Crippen molar-refractivity contribution in [3.05, 3.63) is 279 Å². The van der Waals surface area contributed by atoms with E-state index in [0.29, 0.717) is 11.6 Å². The van der Waals surface area contributed by atoms with E-state index in [-0.39, 0.29) is 60.3 Å². The van der Waals surface area contributed by atoms with Crippen molar-refractivity contribution in [2.24, 2.45) is 5.92 Å². The van der Waals surface area contributed by atoms with Crippen molar-refractivity contribution in [1.82, 2.24) is 34.9 Å². The van der Waals surface area contributed by atoms with Crippen molar-refractivity contribution in [2.45, 2.75) is 172 Å². The third-order valence-electron chi connectivity index (χ3n) is 22.9. The van der Waals surface area contributed by atoms with Gasteiger partial charge in [0.2, 0.25) is 5.71 Å². The Hall–Kier alpha value is -7.33. The molecule has 0 saturated heterocycles. The summed E-state index contributed by atoms with van der Waals surface area (Å²) in [7, 11) is -9.98. The third kappa shape index (κ3) is 20.4. The van der Waals surface area contributed by atoms with E-state index in [9.17, 15) is 0 Å². The average molecular weight is 2270 g/mol. The molecule has 10 nitrogen and oxygen atoms in total. The zero-order valence-corrected chi connectivity index (χ0v) is 90.8. The van der Waals surface area contributed by atoms with Gasteiger partial charge in [-0.05, 0) is 130 Å². The Morgan fingerprint density at radius 2 is 0.817 bits per heavy atom. The normalized spacial score (nSPS) is 12.3. The maximum absolute atomic E-state index is 6.13. The molecule has 6 aromatic carbocycles. The number of para-hydroxylation sites is 2. The van der Waals surface area contributed by atoms with Gasteiger partial charge in [-0.15, -0.1) is 107 Å². The SMILES string of the molecule is C[Si](C)(C)[Si](c1ccc(-c2[c-]cc3c(c2)oc2ccccc23)nc1)([Si](C)(C)C)[Si](C)(C)C.Cc1cc(-c2[c-]cc3c(c2)oc2ccccc23)ncc1[Si]([Si](C)(C)C)([Si](C)(C)C)[Si](C)(C)C.Cc1ccc2c(n1)oc1c(-c3cc(CC(C)C)c([Si](C)(C)C)cn3)[c-]ncc12.[Ir].[Ir].[Ir].[c-]1ccccc1-c1ccccn1.[c-]1ccccc1-c1ccccn1. The summed E-state index contributed by atoms with van der Waals surface area (Å²) < 4.78 is 18.4. The molecule has 0 aliphatic carbocycles. The number of aromatic nitrogens is 7. The minimum absolute atomic E-state index is 0. The first-order valence-corrected chi connectivity index (χ1v) is 75.6. The molecule has 0 N–H and O–H groups in total. The zero-order valence-electron chi connectivity index (χ0n) is 74.6. The van der Waals surface area contributed by atoms with Gasteiger partial charge in [-0.1, -0.05) is 281 Å². The molecular weight excluding hydrogens is 2150 g/mol. The Morgan fingerprint density at radius 3 is 1.26 bits per heavy atom. The van der Waals surface area contributed by atoms with Gasteiger partial charge < -0.3 is 43.2 Å². The number of fused-ring (bicyclic) bond motifs is 9. The number of rotatable bonds is 16. The van der Waals surface area contributed by atoms with Gasteiger partial charge in [-0.2, -0.15) is 0 Å². The number of furan rings is 3. The van der Waals surface area contributed by atoms with Crippen LogP contribution < -0.4 is 15.6 Å². The molecule has 120 heavy (non-hydrogen) atoms. The fraction of sp³-hybridized carbons (Fsp3) is 0.276. The minimum atomic E-state index is -1.69. The second kappa shape index (κ2) is 38.8. The molecule has 0 saturated carbocycles. The first-order valence-electron chi connectivity index (χ1n) is 41.1. The summed E-state index contributed by atoms with van der Waals surface area (Å²) in [5.41, 5.74) is 18.5. The Balaban J connectivity index is 0.000000178. The Labute approximate surface area is 761 Å². The maximum Gasteiger partial charge on any atom is 0.216 e. The second-order valence-corrected chi connectivity index (χ2v) is 124. The third-order valence-corrected chi connectivity index (χ3v) is 168. The molecule has 0 atom stereocenters. The van der Waals surface area contributed by atoms with E-state index >= 15 is 0 Å². The van der Waals surface area contributed by atoms with Crippen molar-refractivity contribution >= 4 is 148 Å². The molecule has 0 unspecified atom stereocenters. The van der Waals surface area contributed by atoms with Crippen LogP contribution in [0.15, 0.2) is 245 Å². The summed E-state index contributed by atoms with van der Waals surface area (Å²) in [5, 5.41) is 11.1. The van der Waals surface area contributed by atoms with E-state index in [0.717, 1.165) is 129 Å². The Kier molecular flexibility index (Phi) is 31.2. The zero-order chi connectivity index (χ0) is 84.4. The van der Waals surface area contributed by atoms with Gasteiger partial charge in [0.25, 0.3) is 0 Å². The molecule has 16 aromatic rings. The topological polar surface area (TPSA) is 130 Å². The molecule has 0 aliphatic rings. The number of hydrogen-bond donors (Lipinski definition) is 0. The predicted molar refractivity (Wildman–Crippen MR) is 522 cm³/mol. The quantitative estimate of drug-likeness (QED) is 0.0681. The van der Waals surface area contributed by atoms with E-state index in [1.54, 1.807) is 29.0 Å². The number of pyridine rings is 7. The smallest absolute Gasteiger partial charge is 0.216 e. The molecule has 16 rings (SSSR count). The summed E-state index contributed by atoms with van der Waals surface area (Å²) in [6.07, 6.45) is 16.2. The van der Waals surface area contributed by atoms with E-state index in [4.69, 9.17) is 28.2 Å². The van der Waals surface area contributed by atoms with Crippen LogP contribution in [0.4, 0.5) is 0 Å². The molecule has 629 valence electrons. The summed E-state index contributed by atoms with van der Waals surface area (Å²) in [4.78, 5) is 32.3. The van der Waals surface area contributed by atoms with Crippen LogP contribution in [0.25, 0.3) is 122 Å². The van der Waals surface area contributed by atoms with Crippen molar-refractivity contribution in [1.29, 1.82) is 0 Å². The fourth-order valence-electron chi connectivity index (χ4n) is 20.6. The van der Waals surface area contributed by atoms with Crippen LogP contribution in [-0.2, 0) is 66.7 Å². The number of aryl methyl sites for hydroxylation is 2. The van der Waals surface area contributed by atoms with Gasteiger partial charge in [-0.25, -0.2) is 4.98 Å². The van der Waals surface area contributed by atoms with Crippen LogP contribution in [0.3, 0.4) is 0 Å². The summed E-state index contributed by atoms with van der Waals surface area (Å²) in [6, 6.07) is 78.6. The van der Waals surface area contributed by atoms with Crippen LogP contribution in [0.5, 0.6) is 0 Å². The Morgan fingerprint density at radius 1 is 0.358 bits per heavy atom. The maximum atomic E-state index is 6.13. The van der Waals surface area contributed by atoms with Crippen LogP contribution in [-0.4, -0.2) is 102 Å². The average Bonchev–Trinajstić information content (AvgIpc) is 0.931. The van der Waals surface area contributed by atoms with E-state index < -0.39 is 66.9 Å². The van der Waals surface area contributed by atoms with Gasteiger partial charge in [0.15, 0.2) is 0 Å². The van der Waals surface area contributed by atoms with Crippen LogP contribution in [0.1, 0.15) is 30.7 Å². The molecule has 10 aromatic heterocycles. The largest absolute Gasteiger partial charge is 0.486 e. The fourth-order valence-corrected chi connectivity index (χ4v) is 223. The molecule has 0 spiro atoms.